The molecule has 0 radical (unpaired) electrons. The average Bonchev–Trinajstić information content (AvgIpc) is 2.80. The van der Waals surface area contributed by atoms with Crippen LogP contribution in [0.3, 0.4) is 0 Å². The summed E-state index contributed by atoms with van der Waals surface area (Å²) in [6, 6.07) is 15.2. The third-order valence-electron chi connectivity index (χ3n) is 4.84. The van der Waals surface area contributed by atoms with Crippen molar-refractivity contribution in [3.63, 3.8) is 0 Å². The Morgan fingerprint density at radius 3 is 2.19 bits per heavy atom. The zero-order valence-electron chi connectivity index (χ0n) is 18.0. The highest BCUT2D eigenvalue weighted by Gasteiger charge is 2.35. The van der Waals surface area contributed by atoms with Crippen molar-refractivity contribution in [1.29, 1.82) is 0 Å². The normalized spacial score (nSPS) is 17.5. The molecule has 8 heteroatoms. The summed E-state index contributed by atoms with van der Waals surface area (Å²) in [6.45, 7) is 3.18. The molecule has 1 N–H and O–H groups in total. The van der Waals surface area contributed by atoms with Crippen LogP contribution in [-0.2, 0) is 22.7 Å². The van der Waals surface area contributed by atoms with Gasteiger partial charge in [0.1, 0.15) is 11.5 Å². The number of benzene rings is 2. The number of methoxy groups -OCH3 is 2. The molecular weight excluding hydrogens is 414 g/mol. The quantitative estimate of drug-likeness (QED) is 0.680. The Morgan fingerprint density at radius 2 is 1.65 bits per heavy atom. The molecule has 0 aliphatic carbocycles. The fourth-order valence-electron chi connectivity index (χ4n) is 3.12. The Balaban J connectivity index is 1.82. The van der Waals surface area contributed by atoms with E-state index in [2.05, 4.69) is 5.32 Å². The van der Waals surface area contributed by atoms with E-state index in [9.17, 15) is 9.59 Å². The average molecular weight is 442 g/mol. The van der Waals surface area contributed by atoms with Gasteiger partial charge in [0.25, 0.3) is 0 Å². The number of rotatable bonds is 8. The number of thioether (sulfide) groups is 1. The van der Waals surface area contributed by atoms with Crippen LogP contribution in [0.5, 0.6) is 11.5 Å². The highest BCUT2D eigenvalue weighted by Crippen LogP contribution is 2.29. The van der Waals surface area contributed by atoms with E-state index in [0.29, 0.717) is 24.8 Å². The van der Waals surface area contributed by atoms with E-state index in [1.807, 2.05) is 55.5 Å². The van der Waals surface area contributed by atoms with Crippen molar-refractivity contribution in [2.75, 3.05) is 20.8 Å². The molecule has 0 bridgehead atoms. The minimum atomic E-state index is -0.478. The van der Waals surface area contributed by atoms with E-state index >= 15 is 0 Å². The van der Waals surface area contributed by atoms with Gasteiger partial charge < -0.3 is 14.8 Å². The number of nitrogens with zero attached hydrogens (tertiary/aromatic N) is 2. The van der Waals surface area contributed by atoms with E-state index < -0.39 is 5.25 Å². The monoisotopic (exact) mass is 441 g/mol. The second kappa shape index (κ2) is 10.9. The largest absolute Gasteiger partial charge is 0.497 e. The molecule has 0 spiro atoms. The van der Waals surface area contributed by atoms with Crippen LogP contribution in [0.1, 0.15) is 24.5 Å². The van der Waals surface area contributed by atoms with Gasteiger partial charge in [0.05, 0.1) is 32.6 Å². The molecule has 1 atom stereocenters. The summed E-state index contributed by atoms with van der Waals surface area (Å²) in [5, 5.41) is 2.88. The van der Waals surface area contributed by atoms with Crippen molar-refractivity contribution in [3.8, 4) is 11.5 Å². The van der Waals surface area contributed by atoms with Gasteiger partial charge in [-0.15, -0.1) is 0 Å². The van der Waals surface area contributed by atoms with Crippen LogP contribution in [0.4, 0.5) is 0 Å². The van der Waals surface area contributed by atoms with Gasteiger partial charge in [-0.05, 0) is 42.3 Å². The van der Waals surface area contributed by atoms with Crippen molar-refractivity contribution in [2.45, 2.75) is 31.7 Å². The maximum atomic E-state index is 13.0. The van der Waals surface area contributed by atoms with Gasteiger partial charge in [0, 0.05) is 13.0 Å². The van der Waals surface area contributed by atoms with Crippen molar-refractivity contribution in [1.82, 2.24) is 10.2 Å². The van der Waals surface area contributed by atoms with Gasteiger partial charge in [-0.1, -0.05) is 36.0 Å². The third kappa shape index (κ3) is 6.01. The lowest BCUT2D eigenvalue weighted by Gasteiger charge is -2.32. The van der Waals surface area contributed by atoms with E-state index in [1.165, 1.54) is 11.8 Å². The Morgan fingerprint density at radius 1 is 1.06 bits per heavy atom. The van der Waals surface area contributed by atoms with Crippen molar-refractivity contribution >= 4 is 28.7 Å². The topological polar surface area (TPSA) is 80.2 Å². The van der Waals surface area contributed by atoms with Crippen LogP contribution in [0.2, 0.25) is 0 Å². The first-order valence-corrected chi connectivity index (χ1v) is 11.0. The standard InChI is InChI=1S/C23H27N3O4S/c1-4-24-22(28)20-13-21(27)26(15-17-7-11-19(30-3)12-8-17)23(31-20)25-14-16-5-9-18(29-2)10-6-16/h5-12,20H,4,13-15H2,1-3H3,(H,24,28)/t20-/m0/s1. The van der Waals surface area contributed by atoms with Crippen LogP contribution >= 0.6 is 11.8 Å². The summed E-state index contributed by atoms with van der Waals surface area (Å²) >= 11 is 1.34. The number of nitrogens with one attached hydrogen (secondary N) is 1. The minimum absolute atomic E-state index is 0.112. The first-order chi connectivity index (χ1) is 15.0. The highest BCUT2D eigenvalue weighted by molar-refractivity contribution is 8.15. The Labute approximate surface area is 186 Å². The lowest BCUT2D eigenvalue weighted by molar-refractivity contribution is -0.130. The molecule has 31 heavy (non-hydrogen) atoms. The van der Waals surface area contributed by atoms with Gasteiger partial charge in [-0.3, -0.25) is 19.5 Å². The number of aliphatic imine (C=N–C) groups is 1. The van der Waals surface area contributed by atoms with Crippen molar-refractivity contribution in [3.05, 3.63) is 59.7 Å². The van der Waals surface area contributed by atoms with E-state index in [4.69, 9.17) is 14.5 Å². The van der Waals surface area contributed by atoms with Gasteiger partial charge >= 0.3 is 0 Å². The second-order valence-corrected chi connectivity index (χ2v) is 8.15. The zero-order chi connectivity index (χ0) is 22.2. The smallest absolute Gasteiger partial charge is 0.234 e. The number of amides is 2. The van der Waals surface area contributed by atoms with Gasteiger partial charge in [0.15, 0.2) is 5.17 Å². The van der Waals surface area contributed by atoms with E-state index in [-0.39, 0.29) is 18.2 Å². The third-order valence-corrected chi connectivity index (χ3v) is 6.06. The predicted octanol–water partition coefficient (Wildman–Crippen LogP) is 3.23. The van der Waals surface area contributed by atoms with E-state index in [1.54, 1.807) is 19.1 Å². The van der Waals surface area contributed by atoms with Gasteiger partial charge in [0.2, 0.25) is 11.8 Å². The van der Waals surface area contributed by atoms with Gasteiger partial charge in [-0.25, -0.2) is 0 Å². The van der Waals surface area contributed by atoms with Crippen LogP contribution in [0, 0.1) is 0 Å². The second-order valence-electron chi connectivity index (χ2n) is 6.98. The maximum absolute atomic E-state index is 13.0. The Bertz CT molecular complexity index is 929. The Hall–Kier alpha value is -3.00. The number of ether oxygens (including phenoxy) is 2. The molecule has 7 nitrogen and oxygen atoms in total. The SMILES string of the molecule is CCNC(=O)[C@@H]1CC(=O)N(Cc2ccc(OC)cc2)C(=NCc2ccc(OC)cc2)S1. The number of amidine groups is 1. The van der Waals surface area contributed by atoms with Gasteiger partial charge in [-0.2, -0.15) is 0 Å². The zero-order valence-corrected chi connectivity index (χ0v) is 18.8. The van der Waals surface area contributed by atoms with E-state index in [0.717, 1.165) is 22.6 Å². The molecule has 1 fully saturated rings. The van der Waals surface area contributed by atoms with Crippen LogP contribution in [-0.4, -0.2) is 47.9 Å². The number of carbonyl (C=O) groups excluding carboxylic acids is 2. The fourth-order valence-corrected chi connectivity index (χ4v) is 4.23. The van der Waals surface area contributed by atoms with Crippen LogP contribution < -0.4 is 14.8 Å². The van der Waals surface area contributed by atoms with Crippen molar-refractivity contribution < 1.29 is 19.1 Å². The molecular formula is C23H27N3O4S. The number of hydrogen-bond acceptors (Lipinski definition) is 6. The lowest BCUT2D eigenvalue weighted by atomic mass is 10.2. The molecule has 2 aromatic rings. The fraction of sp³-hybridized carbons (Fsp3) is 0.348. The summed E-state index contributed by atoms with van der Waals surface area (Å²) in [6.07, 6.45) is 0.147. The highest BCUT2D eigenvalue weighted by atomic mass is 32.2. The molecule has 0 unspecified atom stereocenters. The molecule has 0 aromatic heterocycles. The lowest BCUT2D eigenvalue weighted by Crippen LogP contribution is -2.46. The minimum Gasteiger partial charge on any atom is -0.497 e. The Kier molecular flexibility index (Phi) is 7.94. The molecule has 1 aliphatic heterocycles. The first kappa shape index (κ1) is 22.7. The molecule has 1 aliphatic rings. The molecule has 1 saturated heterocycles. The molecule has 2 amide bonds. The molecule has 164 valence electrons. The maximum Gasteiger partial charge on any atom is 0.234 e. The van der Waals surface area contributed by atoms with Crippen LogP contribution in [0.15, 0.2) is 53.5 Å². The summed E-state index contributed by atoms with van der Waals surface area (Å²) in [4.78, 5) is 31.7. The molecule has 0 saturated carbocycles. The molecule has 1 heterocycles. The molecule has 3 rings (SSSR count). The summed E-state index contributed by atoms with van der Waals surface area (Å²) in [7, 11) is 3.24. The summed E-state index contributed by atoms with van der Waals surface area (Å²) in [5.74, 6) is 1.28. The predicted molar refractivity (Wildman–Crippen MR) is 122 cm³/mol. The molecule has 2 aromatic carbocycles. The summed E-state index contributed by atoms with van der Waals surface area (Å²) in [5.41, 5.74) is 1.95. The van der Waals surface area contributed by atoms with Crippen molar-refractivity contribution in [2.24, 2.45) is 4.99 Å². The number of hydrogen-bond donors (Lipinski definition) is 1. The first-order valence-electron chi connectivity index (χ1n) is 10.1. The summed E-state index contributed by atoms with van der Waals surface area (Å²) < 4.78 is 10.4. The number of carbonyl (C=O) groups is 2. The van der Waals surface area contributed by atoms with Crippen LogP contribution in [0.25, 0.3) is 0 Å².